The molecule has 0 saturated heterocycles. The quantitative estimate of drug-likeness (QED) is 0.786. The third-order valence-electron chi connectivity index (χ3n) is 3.31. The van der Waals surface area contributed by atoms with Crippen molar-refractivity contribution in [1.29, 1.82) is 0 Å². The van der Waals surface area contributed by atoms with Gasteiger partial charge in [0.15, 0.2) is 6.61 Å². The maximum atomic E-state index is 11.8. The highest BCUT2D eigenvalue weighted by atomic mass is 16.5. The summed E-state index contributed by atoms with van der Waals surface area (Å²) < 4.78 is 7.35. The van der Waals surface area contributed by atoms with E-state index >= 15 is 0 Å². The molecule has 0 unspecified atom stereocenters. The lowest BCUT2D eigenvalue weighted by Gasteiger charge is -2.06. The molecule has 112 valence electrons. The Morgan fingerprint density at radius 2 is 2.05 bits per heavy atom. The molecule has 5 nitrogen and oxygen atoms in total. The summed E-state index contributed by atoms with van der Waals surface area (Å²) in [4.78, 5) is 16.3. The van der Waals surface area contributed by atoms with Crippen molar-refractivity contribution in [2.24, 2.45) is 0 Å². The van der Waals surface area contributed by atoms with Gasteiger partial charge >= 0.3 is 0 Å². The second kappa shape index (κ2) is 6.30. The average Bonchev–Trinajstić information content (AvgIpc) is 2.96. The summed E-state index contributed by atoms with van der Waals surface area (Å²) in [7, 11) is 0. The molecule has 2 heterocycles. The van der Waals surface area contributed by atoms with E-state index in [1.54, 1.807) is 0 Å². The fourth-order valence-corrected chi connectivity index (χ4v) is 2.20. The molecule has 1 aromatic carbocycles. The van der Waals surface area contributed by atoms with Crippen molar-refractivity contribution in [3.05, 3.63) is 66.1 Å². The highest BCUT2D eigenvalue weighted by Gasteiger charge is 2.06. The van der Waals surface area contributed by atoms with Crippen molar-refractivity contribution in [2.75, 3.05) is 6.61 Å². The maximum absolute atomic E-state index is 11.8. The maximum Gasteiger partial charge on any atom is 0.258 e. The first-order valence-corrected chi connectivity index (χ1v) is 7.10. The molecule has 0 radical (unpaired) electrons. The standard InChI is InChI=1S/C17H17N3O2/c1-13-6-5-9-20-11-14(19-17(13)20)10-18-16(21)12-22-15-7-3-2-4-8-15/h2-9,11H,10,12H2,1H3,(H,18,21). The molecule has 0 spiro atoms. The Morgan fingerprint density at radius 3 is 2.82 bits per heavy atom. The van der Waals surface area contributed by atoms with Gasteiger partial charge in [0.25, 0.3) is 5.91 Å². The molecule has 22 heavy (non-hydrogen) atoms. The smallest absolute Gasteiger partial charge is 0.258 e. The third-order valence-corrected chi connectivity index (χ3v) is 3.31. The van der Waals surface area contributed by atoms with Gasteiger partial charge in [0.05, 0.1) is 12.2 Å². The fraction of sp³-hybridized carbons (Fsp3) is 0.176. The van der Waals surface area contributed by atoms with Gasteiger partial charge in [-0.1, -0.05) is 24.3 Å². The number of hydrogen-bond donors (Lipinski definition) is 1. The lowest BCUT2D eigenvalue weighted by Crippen LogP contribution is -2.28. The number of benzene rings is 1. The Morgan fingerprint density at radius 1 is 1.23 bits per heavy atom. The number of nitrogens with zero attached hydrogens (tertiary/aromatic N) is 2. The lowest BCUT2D eigenvalue weighted by molar-refractivity contribution is -0.123. The van der Waals surface area contributed by atoms with Crippen LogP contribution in [0.5, 0.6) is 5.75 Å². The summed E-state index contributed by atoms with van der Waals surface area (Å²) in [5.41, 5.74) is 2.84. The summed E-state index contributed by atoms with van der Waals surface area (Å²) >= 11 is 0. The number of ether oxygens (including phenoxy) is 1. The number of rotatable bonds is 5. The van der Waals surface area contributed by atoms with Gasteiger partial charge in [-0.25, -0.2) is 4.98 Å². The zero-order valence-electron chi connectivity index (χ0n) is 12.3. The third kappa shape index (κ3) is 3.25. The molecule has 0 saturated carbocycles. The fourth-order valence-electron chi connectivity index (χ4n) is 2.20. The van der Waals surface area contributed by atoms with Crippen LogP contribution in [0.2, 0.25) is 0 Å². The van der Waals surface area contributed by atoms with E-state index < -0.39 is 0 Å². The molecular weight excluding hydrogens is 278 g/mol. The van der Waals surface area contributed by atoms with Gasteiger partial charge in [0.2, 0.25) is 0 Å². The van der Waals surface area contributed by atoms with Crippen LogP contribution in [0.1, 0.15) is 11.3 Å². The Kier molecular flexibility index (Phi) is 4.05. The van der Waals surface area contributed by atoms with Crippen molar-refractivity contribution < 1.29 is 9.53 Å². The summed E-state index contributed by atoms with van der Waals surface area (Å²) in [6.07, 6.45) is 3.86. The van der Waals surface area contributed by atoms with Gasteiger partial charge < -0.3 is 14.5 Å². The first kappa shape index (κ1) is 14.1. The molecular formula is C17H17N3O2. The average molecular weight is 295 g/mol. The van der Waals surface area contributed by atoms with Crippen LogP contribution in [0.3, 0.4) is 0 Å². The zero-order chi connectivity index (χ0) is 15.4. The first-order chi connectivity index (χ1) is 10.7. The molecule has 3 aromatic rings. The number of imidazole rings is 1. The molecule has 0 aliphatic rings. The van der Waals surface area contributed by atoms with E-state index in [9.17, 15) is 4.79 Å². The van der Waals surface area contributed by atoms with Crippen molar-refractivity contribution >= 4 is 11.6 Å². The number of para-hydroxylation sites is 1. The van der Waals surface area contributed by atoms with E-state index in [-0.39, 0.29) is 12.5 Å². The van der Waals surface area contributed by atoms with E-state index in [1.165, 1.54) is 0 Å². The molecule has 0 fully saturated rings. The van der Waals surface area contributed by atoms with Crippen LogP contribution in [0.25, 0.3) is 5.65 Å². The van der Waals surface area contributed by atoms with E-state index in [0.29, 0.717) is 12.3 Å². The van der Waals surface area contributed by atoms with Crippen LogP contribution in [0.15, 0.2) is 54.9 Å². The Hall–Kier alpha value is -2.82. The Bertz CT molecular complexity index is 781. The number of carbonyl (C=O) groups excluding carboxylic acids is 1. The minimum absolute atomic E-state index is 0.00356. The van der Waals surface area contributed by atoms with Gasteiger partial charge in [-0.3, -0.25) is 4.79 Å². The number of carbonyl (C=O) groups is 1. The van der Waals surface area contributed by atoms with Crippen LogP contribution in [-0.4, -0.2) is 21.9 Å². The van der Waals surface area contributed by atoms with Crippen LogP contribution in [0.4, 0.5) is 0 Å². The number of fused-ring (bicyclic) bond motifs is 1. The normalized spacial score (nSPS) is 10.6. The SMILES string of the molecule is Cc1cccn2cc(CNC(=O)COc3ccccc3)nc12. The summed E-state index contributed by atoms with van der Waals surface area (Å²) in [5, 5.41) is 2.81. The van der Waals surface area contributed by atoms with Crippen LogP contribution >= 0.6 is 0 Å². The second-order valence-electron chi connectivity index (χ2n) is 5.03. The molecule has 5 heteroatoms. The summed E-state index contributed by atoms with van der Waals surface area (Å²) in [6.45, 7) is 2.40. The predicted molar refractivity (Wildman–Crippen MR) is 83.7 cm³/mol. The number of aromatic nitrogens is 2. The van der Waals surface area contributed by atoms with Gasteiger partial charge in [-0.2, -0.15) is 0 Å². The molecule has 0 bridgehead atoms. The topological polar surface area (TPSA) is 55.6 Å². The number of nitrogens with one attached hydrogen (secondary N) is 1. The predicted octanol–water partition coefficient (Wildman–Crippen LogP) is 2.34. The minimum atomic E-state index is -0.169. The van der Waals surface area contributed by atoms with Crippen molar-refractivity contribution in [2.45, 2.75) is 13.5 Å². The zero-order valence-corrected chi connectivity index (χ0v) is 12.3. The number of amides is 1. The van der Waals surface area contributed by atoms with Crippen LogP contribution in [0, 0.1) is 6.92 Å². The lowest BCUT2D eigenvalue weighted by atomic mass is 10.3. The minimum Gasteiger partial charge on any atom is -0.484 e. The van der Waals surface area contributed by atoms with Gasteiger partial charge in [-0.15, -0.1) is 0 Å². The number of pyridine rings is 1. The van der Waals surface area contributed by atoms with Crippen molar-refractivity contribution in [3.63, 3.8) is 0 Å². The van der Waals surface area contributed by atoms with Gasteiger partial charge in [0.1, 0.15) is 11.4 Å². The largest absolute Gasteiger partial charge is 0.484 e. The Labute approximate surface area is 128 Å². The highest BCUT2D eigenvalue weighted by molar-refractivity contribution is 5.77. The summed E-state index contributed by atoms with van der Waals surface area (Å²) in [6, 6.07) is 13.3. The van der Waals surface area contributed by atoms with E-state index in [0.717, 1.165) is 16.9 Å². The van der Waals surface area contributed by atoms with Crippen molar-refractivity contribution in [1.82, 2.24) is 14.7 Å². The van der Waals surface area contributed by atoms with E-state index in [1.807, 2.05) is 66.2 Å². The monoisotopic (exact) mass is 295 g/mol. The summed E-state index contributed by atoms with van der Waals surface area (Å²) in [5.74, 6) is 0.513. The van der Waals surface area contributed by atoms with Crippen molar-refractivity contribution in [3.8, 4) is 5.75 Å². The number of hydrogen-bond acceptors (Lipinski definition) is 3. The van der Waals surface area contributed by atoms with E-state index in [4.69, 9.17) is 4.74 Å². The molecule has 3 rings (SSSR count). The molecule has 1 amide bonds. The van der Waals surface area contributed by atoms with E-state index in [2.05, 4.69) is 10.3 Å². The van der Waals surface area contributed by atoms with Crippen LogP contribution in [-0.2, 0) is 11.3 Å². The Balaban J connectivity index is 1.55. The number of aryl methyl sites for hydroxylation is 1. The molecule has 1 N–H and O–H groups in total. The molecule has 0 aliphatic heterocycles. The first-order valence-electron chi connectivity index (χ1n) is 7.10. The molecule has 0 atom stereocenters. The van der Waals surface area contributed by atoms with Gasteiger partial charge in [-0.05, 0) is 30.7 Å². The second-order valence-corrected chi connectivity index (χ2v) is 5.03. The van der Waals surface area contributed by atoms with Gasteiger partial charge in [0, 0.05) is 12.4 Å². The molecule has 2 aromatic heterocycles. The molecule has 0 aliphatic carbocycles. The highest BCUT2D eigenvalue weighted by Crippen LogP contribution is 2.10. The van der Waals surface area contributed by atoms with Crippen LogP contribution < -0.4 is 10.1 Å².